The molecule has 0 fully saturated rings. The van der Waals surface area contributed by atoms with Crippen LogP contribution in [-0.2, 0) is 27.4 Å². The Morgan fingerprint density at radius 3 is 2.59 bits per heavy atom. The van der Waals surface area contributed by atoms with Crippen molar-refractivity contribution in [1.29, 1.82) is 0 Å². The Bertz CT molecular complexity index is 1440. The van der Waals surface area contributed by atoms with Gasteiger partial charge >= 0.3 is 5.97 Å². The Kier molecular flexibility index (Phi) is 7.57. The van der Waals surface area contributed by atoms with E-state index < -0.39 is 5.60 Å². The fraction of sp³-hybridized carbons (Fsp3) is 0.207. The number of carbonyl (C=O) groups excluding carboxylic acids is 3. The van der Waals surface area contributed by atoms with E-state index in [1.54, 1.807) is 48.7 Å². The Hall–Kier alpha value is -4.59. The molecule has 2 heterocycles. The molecule has 0 atom stereocenters. The number of amides is 2. The molecule has 0 spiro atoms. The summed E-state index contributed by atoms with van der Waals surface area (Å²) in [5, 5.41) is 6.47. The monoisotopic (exact) mass is 499 g/mol. The van der Waals surface area contributed by atoms with Gasteiger partial charge in [-0.3, -0.25) is 14.4 Å². The first-order valence-electron chi connectivity index (χ1n) is 11.9. The van der Waals surface area contributed by atoms with Gasteiger partial charge in [0.1, 0.15) is 17.9 Å². The number of para-hydroxylation sites is 1. The van der Waals surface area contributed by atoms with Gasteiger partial charge in [-0.2, -0.15) is 0 Å². The minimum atomic E-state index is -0.571. The van der Waals surface area contributed by atoms with E-state index in [9.17, 15) is 14.4 Å². The molecule has 2 aromatic carbocycles. The fourth-order valence-electron chi connectivity index (χ4n) is 3.82. The van der Waals surface area contributed by atoms with Crippen LogP contribution in [-0.4, -0.2) is 28.0 Å². The van der Waals surface area contributed by atoms with E-state index in [1.807, 2.05) is 55.8 Å². The summed E-state index contributed by atoms with van der Waals surface area (Å²) in [5.74, 6) is -0.317. The van der Waals surface area contributed by atoms with E-state index in [4.69, 9.17) is 9.15 Å². The number of nitrogens with one attached hydrogen (secondary N) is 2. The Balaban J connectivity index is 1.43. The van der Waals surface area contributed by atoms with Crippen LogP contribution in [0.4, 0.5) is 5.69 Å². The van der Waals surface area contributed by atoms with Crippen LogP contribution < -0.4 is 10.6 Å². The van der Waals surface area contributed by atoms with Gasteiger partial charge in [-0.05, 0) is 63.2 Å². The molecule has 190 valence electrons. The number of hydrogen-bond donors (Lipinski definition) is 2. The molecule has 2 amide bonds. The van der Waals surface area contributed by atoms with Crippen LogP contribution in [0, 0.1) is 0 Å². The molecule has 8 heteroatoms. The van der Waals surface area contributed by atoms with Crippen LogP contribution in [0.3, 0.4) is 0 Å². The highest BCUT2D eigenvalue weighted by Gasteiger charge is 2.18. The number of carbonyl (C=O) groups is 3. The van der Waals surface area contributed by atoms with Crippen LogP contribution in [0.5, 0.6) is 0 Å². The SMILES string of the molecule is CC(C)(C)OC(=O)Cn1cc(C=CC(=O)Nc2cccc(C(=O)NCc3ccco3)c2)c2ccccc21. The van der Waals surface area contributed by atoms with E-state index in [0.29, 0.717) is 17.0 Å². The van der Waals surface area contributed by atoms with Crippen molar-refractivity contribution in [3.05, 3.63) is 96.1 Å². The van der Waals surface area contributed by atoms with Crippen LogP contribution in [0.15, 0.2) is 83.6 Å². The molecule has 0 unspecified atom stereocenters. The summed E-state index contributed by atoms with van der Waals surface area (Å²) in [6, 6.07) is 17.9. The lowest BCUT2D eigenvalue weighted by atomic mass is 10.1. The number of esters is 1. The fourth-order valence-corrected chi connectivity index (χ4v) is 3.82. The molecular formula is C29H29N3O5. The predicted octanol–water partition coefficient (Wildman–Crippen LogP) is 5.16. The molecule has 4 rings (SSSR count). The first-order valence-corrected chi connectivity index (χ1v) is 11.9. The molecule has 8 nitrogen and oxygen atoms in total. The largest absolute Gasteiger partial charge is 0.467 e. The number of ether oxygens (including phenoxy) is 1. The number of rotatable bonds is 8. The second-order valence-electron chi connectivity index (χ2n) is 9.48. The maximum Gasteiger partial charge on any atom is 0.326 e. The average molecular weight is 500 g/mol. The molecule has 0 bridgehead atoms. The van der Waals surface area contributed by atoms with Crippen molar-refractivity contribution in [2.75, 3.05) is 5.32 Å². The van der Waals surface area contributed by atoms with Crippen molar-refractivity contribution in [3.8, 4) is 0 Å². The van der Waals surface area contributed by atoms with Crippen LogP contribution in [0.1, 0.15) is 42.5 Å². The molecular weight excluding hydrogens is 470 g/mol. The number of hydrogen-bond acceptors (Lipinski definition) is 5. The third-order valence-electron chi connectivity index (χ3n) is 5.35. The minimum absolute atomic E-state index is 0.0621. The van der Waals surface area contributed by atoms with Crippen molar-refractivity contribution in [1.82, 2.24) is 9.88 Å². The highest BCUT2D eigenvalue weighted by atomic mass is 16.6. The molecule has 0 aliphatic rings. The van der Waals surface area contributed by atoms with E-state index in [2.05, 4.69) is 10.6 Å². The second-order valence-corrected chi connectivity index (χ2v) is 9.48. The summed E-state index contributed by atoms with van der Waals surface area (Å²) < 4.78 is 12.5. The lowest BCUT2D eigenvalue weighted by Gasteiger charge is -2.19. The van der Waals surface area contributed by atoms with Gasteiger partial charge in [0, 0.05) is 40.0 Å². The summed E-state index contributed by atoms with van der Waals surface area (Å²) in [6.45, 7) is 5.82. The number of benzene rings is 2. The van der Waals surface area contributed by atoms with E-state index in [-0.39, 0.29) is 30.9 Å². The van der Waals surface area contributed by atoms with Gasteiger partial charge in [0.2, 0.25) is 5.91 Å². The zero-order chi connectivity index (χ0) is 26.4. The number of anilines is 1. The Morgan fingerprint density at radius 1 is 1.03 bits per heavy atom. The molecule has 0 saturated carbocycles. The van der Waals surface area contributed by atoms with Gasteiger partial charge in [-0.1, -0.05) is 24.3 Å². The number of furan rings is 1. The van der Waals surface area contributed by atoms with Gasteiger partial charge < -0.3 is 24.4 Å². The molecule has 0 aliphatic heterocycles. The molecule has 0 aliphatic carbocycles. The maximum absolute atomic E-state index is 12.6. The predicted molar refractivity (Wildman–Crippen MR) is 142 cm³/mol. The second kappa shape index (κ2) is 11.0. The van der Waals surface area contributed by atoms with Gasteiger partial charge in [-0.15, -0.1) is 0 Å². The van der Waals surface area contributed by atoms with Crippen LogP contribution >= 0.6 is 0 Å². The topological polar surface area (TPSA) is 103 Å². The van der Waals surface area contributed by atoms with Gasteiger partial charge in [0.05, 0.1) is 12.8 Å². The maximum atomic E-state index is 12.6. The summed E-state index contributed by atoms with van der Waals surface area (Å²) in [6.07, 6.45) is 6.48. The molecule has 2 aromatic heterocycles. The van der Waals surface area contributed by atoms with Crippen LogP contribution in [0.2, 0.25) is 0 Å². The zero-order valence-electron chi connectivity index (χ0n) is 21.0. The first kappa shape index (κ1) is 25.5. The third-order valence-corrected chi connectivity index (χ3v) is 5.35. The molecule has 4 aromatic rings. The summed E-state index contributed by atoms with van der Waals surface area (Å²) >= 11 is 0. The summed E-state index contributed by atoms with van der Waals surface area (Å²) in [7, 11) is 0. The van der Waals surface area contributed by atoms with Crippen molar-refractivity contribution >= 4 is 40.4 Å². The highest BCUT2D eigenvalue weighted by molar-refractivity contribution is 6.04. The van der Waals surface area contributed by atoms with Gasteiger partial charge in [0.15, 0.2) is 0 Å². The normalized spacial score (nSPS) is 11.5. The van der Waals surface area contributed by atoms with E-state index in [0.717, 1.165) is 16.5 Å². The van der Waals surface area contributed by atoms with Crippen molar-refractivity contribution in [2.24, 2.45) is 0 Å². The van der Waals surface area contributed by atoms with Crippen molar-refractivity contribution in [3.63, 3.8) is 0 Å². The lowest BCUT2D eigenvalue weighted by molar-refractivity contribution is -0.155. The molecule has 0 saturated heterocycles. The lowest BCUT2D eigenvalue weighted by Crippen LogP contribution is -2.26. The number of aromatic nitrogens is 1. The van der Waals surface area contributed by atoms with E-state index in [1.165, 1.54) is 6.08 Å². The molecule has 2 N–H and O–H groups in total. The van der Waals surface area contributed by atoms with Gasteiger partial charge in [-0.25, -0.2) is 0 Å². The standard InChI is InChI=1S/C29H29N3O5/c1-29(2,3)37-27(34)19-32-18-21(24-11-4-5-12-25(24)32)13-14-26(33)31-22-9-6-8-20(16-22)28(35)30-17-23-10-7-15-36-23/h4-16,18H,17,19H2,1-3H3,(H,30,35)(H,31,33). The third kappa shape index (κ3) is 6.98. The first-order chi connectivity index (χ1) is 17.7. The smallest absolute Gasteiger partial charge is 0.326 e. The quantitative estimate of drug-likeness (QED) is 0.258. The average Bonchev–Trinajstić information content (AvgIpc) is 3.48. The molecule has 0 radical (unpaired) electrons. The summed E-state index contributed by atoms with van der Waals surface area (Å²) in [4.78, 5) is 37.5. The highest BCUT2D eigenvalue weighted by Crippen LogP contribution is 2.23. The Morgan fingerprint density at radius 2 is 1.84 bits per heavy atom. The minimum Gasteiger partial charge on any atom is -0.467 e. The number of nitrogens with zero attached hydrogens (tertiary/aromatic N) is 1. The molecule has 37 heavy (non-hydrogen) atoms. The van der Waals surface area contributed by atoms with Gasteiger partial charge in [0.25, 0.3) is 5.91 Å². The van der Waals surface area contributed by atoms with E-state index >= 15 is 0 Å². The zero-order valence-corrected chi connectivity index (χ0v) is 21.0. The number of fused-ring (bicyclic) bond motifs is 1. The summed E-state index contributed by atoms with van der Waals surface area (Å²) in [5.41, 5.74) is 1.99. The Labute approximate surface area is 214 Å². The van der Waals surface area contributed by atoms with Crippen LogP contribution in [0.25, 0.3) is 17.0 Å². The van der Waals surface area contributed by atoms with Crippen molar-refractivity contribution < 1.29 is 23.5 Å². The van der Waals surface area contributed by atoms with Crippen molar-refractivity contribution in [2.45, 2.75) is 39.5 Å².